The van der Waals surface area contributed by atoms with Gasteiger partial charge < -0.3 is 14.6 Å². The zero-order valence-electron chi connectivity index (χ0n) is 10.5. The van der Waals surface area contributed by atoms with Crippen molar-refractivity contribution >= 4 is 0 Å². The van der Waals surface area contributed by atoms with Gasteiger partial charge in [-0.2, -0.15) is 0 Å². The number of ether oxygens (including phenoxy) is 2. The van der Waals surface area contributed by atoms with Gasteiger partial charge in [-0.25, -0.2) is 0 Å². The van der Waals surface area contributed by atoms with Crippen molar-refractivity contribution in [3.8, 4) is 12.3 Å². The van der Waals surface area contributed by atoms with Gasteiger partial charge >= 0.3 is 0 Å². The molecule has 1 atom stereocenters. The van der Waals surface area contributed by atoms with Gasteiger partial charge in [0.1, 0.15) is 0 Å². The number of hydrogen-bond acceptors (Lipinski definition) is 4. The molecule has 0 aromatic carbocycles. The summed E-state index contributed by atoms with van der Waals surface area (Å²) >= 11 is 0. The zero-order valence-corrected chi connectivity index (χ0v) is 10.5. The Hall–Kier alpha value is -0.600. The summed E-state index contributed by atoms with van der Waals surface area (Å²) in [6, 6.07) is 0. The van der Waals surface area contributed by atoms with Crippen LogP contribution in [0.25, 0.3) is 0 Å². The SMILES string of the molecule is C#CCN(C)CC(O)COCCOC(C)C. The first-order valence-electron chi connectivity index (χ1n) is 5.55. The molecule has 0 radical (unpaired) electrons. The van der Waals surface area contributed by atoms with E-state index in [4.69, 9.17) is 15.9 Å². The predicted octanol–water partition coefficient (Wildman–Crippen LogP) is 0.354. The first kappa shape index (κ1) is 15.4. The Morgan fingerprint density at radius 1 is 1.38 bits per heavy atom. The number of aliphatic hydroxyl groups is 1. The lowest BCUT2D eigenvalue weighted by molar-refractivity contribution is -0.0161. The lowest BCUT2D eigenvalue weighted by Crippen LogP contribution is -2.32. The Morgan fingerprint density at radius 2 is 2.06 bits per heavy atom. The van der Waals surface area contributed by atoms with Crippen LogP contribution in [0.2, 0.25) is 0 Å². The molecule has 1 N–H and O–H groups in total. The Labute approximate surface area is 98.5 Å². The Kier molecular flexibility index (Phi) is 9.25. The van der Waals surface area contributed by atoms with Crippen LogP contribution in [-0.4, -0.2) is 62.2 Å². The molecule has 0 aliphatic carbocycles. The number of aliphatic hydroxyl groups excluding tert-OH is 1. The smallest absolute Gasteiger partial charge is 0.0900 e. The minimum atomic E-state index is -0.502. The lowest BCUT2D eigenvalue weighted by Gasteiger charge is -2.18. The van der Waals surface area contributed by atoms with Crippen LogP contribution in [0.4, 0.5) is 0 Å². The third kappa shape index (κ3) is 9.94. The fourth-order valence-corrected chi connectivity index (χ4v) is 1.19. The molecule has 0 rings (SSSR count). The van der Waals surface area contributed by atoms with E-state index in [0.29, 0.717) is 32.9 Å². The van der Waals surface area contributed by atoms with Crippen molar-refractivity contribution < 1.29 is 14.6 Å². The van der Waals surface area contributed by atoms with Crippen LogP contribution in [0.15, 0.2) is 0 Å². The second kappa shape index (κ2) is 9.61. The molecule has 0 fully saturated rings. The molecule has 0 aliphatic heterocycles. The van der Waals surface area contributed by atoms with E-state index in [1.165, 1.54) is 0 Å². The van der Waals surface area contributed by atoms with Crippen molar-refractivity contribution in [3.63, 3.8) is 0 Å². The second-order valence-corrected chi connectivity index (χ2v) is 4.05. The van der Waals surface area contributed by atoms with Crippen LogP contribution >= 0.6 is 0 Å². The summed E-state index contributed by atoms with van der Waals surface area (Å²) in [5, 5.41) is 9.58. The fraction of sp³-hybridized carbons (Fsp3) is 0.833. The van der Waals surface area contributed by atoms with Crippen molar-refractivity contribution in [2.45, 2.75) is 26.1 Å². The molecule has 0 saturated carbocycles. The fourth-order valence-electron chi connectivity index (χ4n) is 1.19. The van der Waals surface area contributed by atoms with E-state index < -0.39 is 6.10 Å². The monoisotopic (exact) mass is 229 g/mol. The van der Waals surface area contributed by atoms with Gasteiger partial charge in [0, 0.05) is 6.54 Å². The average Bonchev–Trinajstić information content (AvgIpc) is 2.16. The topological polar surface area (TPSA) is 41.9 Å². The quantitative estimate of drug-likeness (QED) is 0.458. The van der Waals surface area contributed by atoms with Gasteiger partial charge in [0.15, 0.2) is 0 Å². The second-order valence-electron chi connectivity index (χ2n) is 4.05. The van der Waals surface area contributed by atoms with Crippen molar-refractivity contribution in [2.24, 2.45) is 0 Å². The van der Waals surface area contributed by atoms with Crippen LogP contribution in [0, 0.1) is 12.3 Å². The molecule has 1 unspecified atom stereocenters. The Bertz CT molecular complexity index is 201. The Morgan fingerprint density at radius 3 is 2.62 bits per heavy atom. The molecule has 0 aromatic rings. The minimum absolute atomic E-state index is 0.218. The van der Waals surface area contributed by atoms with E-state index in [0.717, 1.165) is 0 Å². The molecule has 0 bridgehead atoms. The highest BCUT2D eigenvalue weighted by molar-refractivity contribution is 4.87. The van der Waals surface area contributed by atoms with E-state index in [1.807, 2.05) is 25.8 Å². The molecule has 0 saturated heterocycles. The van der Waals surface area contributed by atoms with Crippen LogP contribution in [-0.2, 0) is 9.47 Å². The largest absolute Gasteiger partial charge is 0.389 e. The average molecular weight is 229 g/mol. The van der Waals surface area contributed by atoms with Gasteiger partial charge in [0.2, 0.25) is 0 Å². The van der Waals surface area contributed by atoms with Gasteiger partial charge in [0.05, 0.1) is 38.6 Å². The number of rotatable bonds is 9. The van der Waals surface area contributed by atoms with E-state index >= 15 is 0 Å². The van der Waals surface area contributed by atoms with Gasteiger partial charge in [0.25, 0.3) is 0 Å². The van der Waals surface area contributed by atoms with Crippen LogP contribution in [0.1, 0.15) is 13.8 Å². The molecule has 4 nitrogen and oxygen atoms in total. The predicted molar refractivity (Wildman–Crippen MR) is 64.2 cm³/mol. The van der Waals surface area contributed by atoms with E-state index in [9.17, 15) is 5.11 Å². The highest BCUT2D eigenvalue weighted by Gasteiger charge is 2.07. The number of likely N-dealkylation sites (N-methyl/N-ethyl adjacent to an activating group) is 1. The molecular weight excluding hydrogens is 206 g/mol. The summed E-state index contributed by atoms with van der Waals surface area (Å²) in [5.41, 5.74) is 0. The summed E-state index contributed by atoms with van der Waals surface area (Å²) in [7, 11) is 1.87. The van der Waals surface area contributed by atoms with Gasteiger partial charge in [-0.1, -0.05) is 5.92 Å². The highest BCUT2D eigenvalue weighted by Crippen LogP contribution is 1.92. The Balaban J connectivity index is 3.37. The van der Waals surface area contributed by atoms with Crippen LogP contribution < -0.4 is 0 Å². The molecule has 0 amide bonds. The highest BCUT2D eigenvalue weighted by atomic mass is 16.5. The van der Waals surface area contributed by atoms with Crippen molar-refractivity contribution in [2.75, 3.05) is 40.0 Å². The molecule has 0 heterocycles. The maximum atomic E-state index is 9.58. The first-order chi connectivity index (χ1) is 7.56. The molecular formula is C12H23NO3. The summed E-state index contributed by atoms with van der Waals surface area (Å²) in [6.07, 6.45) is 4.87. The number of hydrogen-bond donors (Lipinski definition) is 1. The third-order valence-electron chi connectivity index (χ3n) is 1.87. The standard InChI is InChI=1S/C12H23NO3/c1-5-6-13(4)9-12(14)10-15-7-8-16-11(2)3/h1,11-12,14H,6-10H2,2-4H3. The van der Waals surface area contributed by atoms with Crippen LogP contribution in [0.3, 0.4) is 0 Å². The van der Waals surface area contributed by atoms with Gasteiger partial charge in [-0.3, -0.25) is 4.90 Å². The maximum Gasteiger partial charge on any atom is 0.0900 e. The van der Waals surface area contributed by atoms with E-state index in [1.54, 1.807) is 0 Å². The molecule has 0 spiro atoms. The van der Waals surface area contributed by atoms with E-state index in [2.05, 4.69) is 5.92 Å². The molecule has 0 aromatic heterocycles. The summed E-state index contributed by atoms with van der Waals surface area (Å²) in [5.74, 6) is 2.52. The molecule has 0 aliphatic rings. The normalized spacial score (nSPS) is 13.1. The number of nitrogens with zero attached hydrogens (tertiary/aromatic N) is 1. The number of terminal acetylenes is 1. The molecule has 16 heavy (non-hydrogen) atoms. The third-order valence-corrected chi connectivity index (χ3v) is 1.87. The molecule has 94 valence electrons. The lowest BCUT2D eigenvalue weighted by atomic mass is 10.3. The van der Waals surface area contributed by atoms with Crippen molar-refractivity contribution in [3.05, 3.63) is 0 Å². The minimum Gasteiger partial charge on any atom is -0.389 e. The first-order valence-corrected chi connectivity index (χ1v) is 5.55. The zero-order chi connectivity index (χ0) is 12.4. The van der Waals surface area contributed by atoms with Gasteiger partial charge in [-0.15, -0.1) is 6.42 Å². The van der Waals surface area contributed by atoms with Gasteiger partial charge in [-0.05, 0) is 20.9 Å². The molecule has 4 heteroatoms. The maximum absolute atomic E-state index is 9.58. The summed E-state index contributed by atoms with van der Waals surface area (Å²) < 4.78 is 10.6. The summed E-state index contributed by atoms with van der Waals surface area (Å²) in [6.45, 7) is 6.39. The van der Waals surface area contributed by atoms with Crippen molar-refractivity contribution in [1.82, 2.24) is 4.90 Å². The van der Waals surface area contributed by atoms with Crippen molar-refractivity contribution in [1.29, 1.82) is 0 Å². The van der Waals surface area contributed by atoms with Crippen LogP contribution in [0.5, 0.6) is 0 Å². The van der Waals surface area contributed by atoms with E-state index in [-0.39, 0.29) is 6.10 Å². The summed E-state index contributed by atoms with van der Waals surface area (Å²) in [4.78, 5) is 1.87.